The number of thiophene rings is 1. The van der Waals surface area contributed by atoms with Gasteiger partial charge in [0, 0.05) is 0 Å². The molecule has 0 N–H and O–H groups in total. The van der Waals surface area contributed by atoms with Crippen molar-refractivity contribution in [2.75, 3.05) is 6.61 Å². The highest BCUT2D eigenvalue weighted by Crippen LogP contribution is 2.22. The summed E-state index contributed by atoms with van der Waals surface area (Å²) < 4.78 is 0.988. The standard InChI is InChI=1S/C8H8BrNO3S/c1-5(10-13-4-8(11)12)6-2-3-7(9)14-6/h2-3H,4H2,1H3,(H,11,12)/p-1/b10-5-. The number of aliphatic carboxylic acids is 1. The Labute approximate surface area is 93.3 Å². The lowest BCUT2D eigenvalue weighted by Crippen LogP contribution is -2.26. The monoisotopic (exact) mass is 276 g/mol. The first kappa shape index (κ1) is 11.2. The highest BCUT2D eigenvalue weighted by atomic mass is 79.9. The Hall–Kier alpha value is -0.880. The first-order valence-electron chi connectivity index (χ1n) is 3.71. The van der Waals surface area contributed by atoms with Gasteiger partial charge < -0.3 is 14.7 Å². The first-order valence-corrected chi connectivity index (χ1v) is 5.32. The van der Waals surface area contributed by atoms with E-state index in [-0.39, 0.29) is 0 Å². The lowest BCUT2D eigenvalue weighted by Gasteiger charge is -2.00. The summed E-state index contributed by atoms with van der Waals surface area (Å²) in [6.45, 7) is 1.22. The summed E-state index contributed by atoms with van der Waals surface area (Å²) in [4.78, 5) is 15.5. The highest BCUT2D eigenvalue weighted by molar-refractivity contribution is 9.11. The third-order valence-electron chi connectivity index (χ3n) is 1.31. The van der Waals surface area contributed by atoms with Crippen LogP contribution >= 0.6 is 27.3 Å². The molecule has 6 heteroatoms. The molecule has 1 aromatic heterocycles. The number of carboxylic acid groups (broad SMARTS) is 1. The summed E-state index contributed by atoms with van der Waals surface area (Å²) in [5.74, 6) is -1.28. The molecule has 4 nitrogen and oxygen atoms in total. The number of hydrogen-bond donors (Lipinski definition) is 0. The zero-order valence-electron chi connectivity index (χ0n) is 7.32. The molecule has 0 unspecified atom stereocenters. The number of carbonyl (C=O) groups excluding carboxylic acids is 1. The van der Waals surface area contributed by atoms with Gasteiger partial charge >= 0.3 is 0 Å². The molecule has 0 amide bonds. The number of carboxylic acids is 1. The van der Waals surface area contributed by atoms with Crippen molar-refractivity contribution in [3.63, 3.8) is 0 Å². The second kappa shape index (κ2) is 5.11. The molecular weight excluding hydrogens is 270 g/mol. The van der Waals surface area contributed by atoms with Crippen LogP contribution in [0.3, 0.4) is 0 Å². The van der Waals surface area contributed by atoms with Crippen LogP contribution < -0.4 is 5.11 Å². The van der Waals surface area contributed by atoms with Gasteiger partial charge in [-0.15, -0.1) is 11.3 Å². The van der Waals surface area contributed by atoms with Gasteiger partial charge in [-0.3, -0.25) is 0 Å². The van der Waals surface area contributed by atoms with E-state index in [4.69, 9.17) is 0 Å². The average Bonchev–Trinajstić information content (AvgIpc) is 2.51. The van der Waals surface area contributed by atoms with Gasteiger partial charge in [0.05, 0.1) is 20.3 Å². The van der Waals surface area contributed by atoms with Crippen molar-refractivity contribution in [1.29, 1.82) is 0 Å². The second-order valence-corrected chi connectivity index (χ2v) is 4.89. The molecule has 0 saturated carbocycles. The molecule has 1 rings (SSSR count). The van der Waals surface area contributed by atoms with E-state index in [1.165, 1.54) is 11.3 Å². The number of hydrogen-bond acceptors (Lipinski definition) is 5. The van der Waals surface area contributed by atoms with E-state index in [0.717, 1.165) is 8.66 Å². The van der Waals surface area contributed by atoms with E-state index in [0.29, 0.717) is 5.71 Å². The molecule has 0 aromatic carbocycles. The number of nitrogens with zero attached hydrogens (tertiary/aromatic N) is 1. The molecule has 0 fully saturated rings. The summed E-state index contributed by atoms with van der Waals surface area (Å²) in [5, 5.41) is 13.6. The minimum atomic E-state index is -1.28. The van der Waals surface area contributed by atoms with Crippen LogP contribution in [-0.4, -0.2) is 18.3 Å². The number of rotatable bonds is 4. The van der Waals surface area contributed by atoms with Crippen molar-refractivity contribution in [2.24, 2.45) is 5.16 Å². The quantitative estimate of drug-likeness (QED) is 0.609. The SMILES string of the molecule is C/C(=N/OCC(=O)[O-])c1ccc(Br)s1. The van der Waals surface area contributed by atoms with E-state index >= 15 is 0 Å². The number of oxime groups is 1. The molecule has 0 aliphatic carbocycles. The normalized spacial score (nSPS) is 11.4. The molecule has 0 aliphatic rings. The van der Waals surface area contributed by atoms with E-state index in [2.05, 4.69) is 25.9 Å². The van der Waals surface area contributed by atoms with E-state index in [9.17, 15) is 9.90 Å². The third-order valence-corrected chi connectivity index (χ3v) is 3.05. The van der Waals surface area contributed by atoms with Crippen LogP contribution in [0, 0.1) is 0 Å². The van der Waals surface area contributed by atoms with Gasteiger partial charge in [0.2, 0.25) is 0 Å². The van der Waals surface area contributed by atoms with Crippen LogP contribution in [0.4, 0.5) is 0 Å². The summed E-state index contributed by atoms with van der Waals surface area (Å²) in [7, 11) is 0. The van der Waals surface area contributed by atoms with Gasteiger partial charge in [0.15, 0.2) is 6.61 Å². The molecule has 76 valence electrons. The van der Waals surface area contributed by atoms with Crippen LogP contribution in [0.1, 0.15) is 11.8 Å². The molecule has 1 heterocycles. The largest absolute Gasteiger partial charge is 0.546 e. The maximum atomic E-state index is 10.0. The lowest BCUT2D eigenvalue weighted by molar-refractivity contribution is -0.309. The van der Waals surface area contributed by atoms with E-state index < -0.39 is 12.6 Å². The van der Waals surface area contributed by atoms with Crippen LogP contribution in [0.25, 0.3) is 0 Å². The summed E-state index contributed by atoms with van der Waals surface area (Å²) in [5.41, 5.74) is 0.641. The van der Waals surface area contributed by atoms with Crippen LogP contribution in [0.15, 0.2) is 21.1 Å². The minimum absolute atomic E-state index is 0.524. The third kappa shape index (κ3) is 3.47. The Kier molecular flexibility index (Phi) is 4.09. The molecule has 14 heavy (non-hydrogen) atoms. The molecule has 0 saturated heterocycles. The summed E-state index contributed by atoms with van der Waals surface area (Å²) in [6.07, 6.45) is 0. The van der Waals surface area contributed by atoms with Crippen LogP contribution in [-0.2, 0) is 9.63 Å². The molecule has 0 atom stereocenters. The fraction of sp³-hybridized carbons (Fsp3) is 0.250. The second-order valence-electron chi connectivity index (χ2n) is 2.43. The van der Waals surface area contributed by atoms with Crippen molar-refractivity contribution < 1.29 is 14.7 Å². The smallest absolute Gasteiger partial charge is 0.156 e. The van der Waals surface area contributed by atoms with Gasteiger partial charge in [-0.25, -0.2) is 0 Å². The van der Waals surface area contributed by atoms with Gasteiger partial charge in [0.1, 0.15) is 0 Å². The zero-order valence-corrected chi connectivity index (χ0v) is 9.72. The molecule has 0 aliphatic heterocycles. The zero-order chi connectivity index (χ0) is 10.6. The van der Waals surface area contributed by atoms with E-state index in [1.807, 2.05) is 12.1 Å². The van der Waals surface area contributed by atoms with Crippen LogP contribution in [0.5, 0.6) is 0 Å². The predicted molar refractivity (Wildman–Crippen MR) is 55.2 cm³/mol. The van der Waals surface area contributed by atoms with Gasteiger partial charge in [-0.1, -0.05) is 5.16 Å². The molecule has 0 spiro atoms. The average molecular weight is 277 g/mol. The fourth-order valence-corrected chi connectivity index (χ4v) is 2.06. The Morgan fingerprint density at radius 3 is 2.93 bits per heavy atom. The minimum Gasteiger partial charge on any atom is -0.546 e. The Bertz CT molecular complexity index is 361. The van der Waals surface area contributed by atoms with Crippen LogP contribution in [0.2, 0.25) is 0 Å². The maximum Gasteiger partial charge on any atom is 0.156 e. The summed E-state index contributed by atoms with van der Waals surface area (Å²) >= 11 is 4.81. The Morgan fingerprint density at radius 1 is 1.71 bits per heavy atom. The van der Waals surface area contributed by atoms with Gasteiger partial charge in [0.25, 0.3) is 0 Å². The molecule has 1 aromatic rings. The van der Waals surface area contributed by atoms with Crippen molar-refractivity contribution in [3.8, 4) is 0 Å². The number of carbonyl (C=O) groups is 1. The van der Waals surface area contributed by atoms with Crippen molar-refractivity contribution in [1.82, 2.24) is 0 Å². The predicted octanol–water partition coefficient (Wildman–Crippen LogP) is 1.00. The molecule has 0 radical (unpaired) electrons. The lowest BCUT2D eigenvalue weighted by atomic mass is 10.3. The first-order chi connectivity index (χ1) is 6.59. The molecule has 0 bridgehead atoms. The Morgan fingerprint density at radius 2 is 2.43 bits per heavy atom. The van der Waals surface area contributed by atoms with Crippen molar-refractivity contribution in [2.45, 2.75) is 6.92 Å². The highest BCUT2D eigenvalue weighted by Gasteiger charge is 2.01. The topological polar surface area (TPSA) is 61.7 Å². The van der Waals surface area contributed by atoms with E-state index in [1.54, 1.807) is 6.92 Å². The van der Waals surface area contributed by atoms with Gasteiger partial charge in [-0.2, -0.15) is 0 Å². The Balaban J connectivity index is 2.56. The summed E-state index contributed by atoms with van der Waals surface area (Å²) in [6, 6.07) is 3.76. The fourth-order valence-electron chi connectivity index (χ4n) is 0.736. The van der Waals surface area contributed by atoms with Gasteiger partial charge in [-0.05, 0) is 35.0 Å². The van der Waals surface area contributed by atoms with Crippen molar-refractivity contribution >= 4 is 38.9 Å². The number of halogens is 1. The maximum absolute atomic E-state index is 10.0. The van der Waals surface area contributed by atoms with Crippen molar-refractivity contribution in [3.05, 3.63) is 20.8 Å². The molecular formula is C8H7BrNO3S-.